The summed E-state index contributed by atoms with van der Waals surface area (Å²) in [5.41, 5.74) is 2.17. The Bertz CT molecular complexity index is 542. The molecule has 0 atom stereocenters. The number of para-hydroxylation sites is 1. The molecule has 2 aromatic rings. The highest BCUT2D eigenvalue weighted by atomic mass is 35.5. The summed E-state index contributed by atoms with van der Waals surface area (Å²) in [5, 5.41) is 4.11. The predicted molar refractivity (Wildman–Crippen MR) is 85.6 cm³/mol. The molecule has 0 aliphatic heterocycles. The Morgan fingerprint density at radius 3 is 2.75 bits per heavy atom. The molecule has 0 bridgehead atoms. The van der Waals surface area contributed by atoms with Gasteiger partial charge in [0.15, 0.2) is 0 Å². The quantitative estimate of drug-likeness (QED) is 0.713. The minimum Gasteiger partial charge on any atom is -0.493 e. The van der Waals surface area contributed by atoms with Crippen LogP contribution < -0.4 is 10.1 Å². The normalized spacial score (nSPS) is 10.3. The average molecular weight is 290 g/mol. The number of nitrogens with one attached hydrogen (secondary N) is 1. The van der Waals surface area contributed by atoms with Crippen LogP contribution in [0.3, 0.4) is 0 Å². The molecular formula is C17H20ClNO. The van der Waals surface area contributed by atoms with E-state index in [0.29, 0.717) is 0 Å². The van der Waals surface area contributed by atoms with Crippen LogP contribution in [0.4, 0.5) is 5.69 Å². The van der Waals surface area contributed by atoms with Gasteiger partial charge in [0.05, 0.1) is 6.61 Å². The van der Waals surface area contributed by atoms with E-state index in [1.165, 1.54) is 0 Å². The van der Waals surface area contributed by atoms with Gasteiger partial charge in [-0.1, -0.05) is 49.2 Å². The van der Waals surface area contributed by atoms with Crippen molar-refractivity contribution in [3.05, 3.63) is 59.1 Å². The summed E-state index contributed by atoms with van der Waals surface area (Å²) in [6.45, 7) is 3.66. The van der Waals surface area contributed by atoms with Crippen molar-refractivity contribution in [3.8, 4) is 5.75 Å². The predicted octanol–water partition coefficient (Wildman–Crippen LogP) is 5.13. The van der Waals surface area contributed by atoms with Crippen LogP contribution in [0.5, 0.6) is 5.75 Å². The highest BCUT2D eigenvalue weighted by Gasteiger charge is 2.03. The van der Waals surface area contributed by atoms with Crippen molar-refractivity contribution in [2.75, 3.05) is 11.9 Å². The minimum absolute atomic E-state index is 0.725. The Hall–Kier alpha value is -1.67. The molecule has 0 spiro atoms. The molecule has 106 valence electrons. The van der Waals surface area contributed by atoms with Gasteiger partial charge in [-0.3, -0.25) is 0 Å². The zero-order valence-corrected chi connectivity index (χ0v) is 12.5. The molecule has 0 saturated heterocycles. The highest BCUT2D eigenvalue weighted by Crippen LogP contribution is 2.21. The van der Waals surface area contributed by atoms with Gasteiger partial charge in [0.25, 0.3) is 0 Å². The van der Waals surface area contributed by atoms with Gasteiger partial charge in [-0.2, -0.15) is 0 Å². The highest BCUT2D eigenvalue weighted by molar-refractivity contribution is 6.30. The molecule has 2 rings (SSSR count). The summed E-state index contributed by atoms with van der Waals surface area (Å²) in [6, 6.07) is 15.9. The second kappa shape index (κ2) is 7.81. The van der Waals surface area contributed by atoms with Crippen LogP contribution in [-0.2, 0) is 6.54 Å². The van der Waals surface area contributed by atoms with Crippen LogP contribution in [0.25, 0.3) is 0 Å². The van der Waals surface area contributed by atoms with Gasteiger partial charge in [-0.25, -0.2) is 0 Å². The Kier molecular flexibility index (Phi) is 5.75. The molecule has 0 heterocycles. The van der Waals surface area contributed by atoms with Gasteiger partial charge in [-0.15, -0.1) is 0 Å². The lowest BCUT2D eigenvalue weighted by Gasteiger charge is -2.12. The van der Waals surface area contributed by atoms with E-state index in [-0.39, 0.29) is 0 Å². The van der Waals surface area contributed by atoms with E-state index in [9.17, 15) is 0 Å². The first-order valence-electron chi connectivity index (χ1n) is 6.99. The summed E-state index contributed by atoms with van der Waals surface area (Å²) in [7, 11) is 0. The molecule has 2 aromatic carbocycles. The molecule has 3 heteroatoms. The number of benzene rings is 2. The number of rotatable bonds is 7. The number of anilines is 1. The third kappa shape index (κ3) is 4.46. The topological polar surface area (TPSA) is 21.3 Å². The lowest BCUT2D eigenvalue weighted by Crippen LogP contribution is -2.04. The van der Waals surface area contributed by atoms with E-state index < -0.39 is 0 Å². The number of hydrogen-bond acceptors (Lipinski definition) is 2. The SMILES string of the molecule is CCCCOc1ccccc1CNc1cccc(Cl)c1. The van der Waals surface area contributed by atoms with Gasteiger partial charge in [-0.05, 0) is 30.7 Å². The summed E-state index contributed by atoms with van der Waals surface area (Å²) in [6.07, 6.45) is 2.22. The molecule has 0 unspecified atom stereocenters. The van der Waals surface area contributed by atoms with Gasteiger partial charge >= 0.3 is 0 Å². The average Bonchev–Trinajstić information content (AvgIpc) is 2.47. The van der Waals surface area contributed by atoms with Gasteiger partial charge in [0, 0.05) is 22.8 Å². The summed E-state index contributed by atoms with van der Waals surface area (Å²) in [5.74, 6) is 0.954. The molecule has 0 radical (unpaired) electrons. The first-order valence-corrected chi connectivity index (χ1v) is 7.37. The van der Waals surface area contributed by atoms with Gasteiger partial charge < -0.3 is 10.1 Å². The molecule has 1 N–H and O–H groups in total. The van der Waals surface area contributed by atoms with Gasteiger partial charge in [0.1, 0.15) is 5.75 Å². The third-order valence-electron chi connectivity index (χ3n) is 3.04. The van der Waals surface area contributed by atoms with E-state index in [1.807, 2.05) is 42.5 Å². The maximum absolute atomic E-state index is 5.98. The monoisotopic (exact) mass is 289 g/mol. The smallest absolute Gasteiger partial charge is 0.124 e. The number of ether oxygens (including phenoxy) is 1. The standard InChI is InChI=1S/C17H20ClNO/c1-2-3-11-20-17-10-5-4-7-14(17)13-19-16-9-6-8-15(18)12-16/h4-10,12,19H,2-3,11,13H2,1H3. The van der Waals surface area contributed by atoms with E-state index in [0.717, 1.165) is 48.0 Å². The van der Waals surface area contributed by atoms with Crippen LogP contribution in [0, 0.1) is 0 Å². The maximum atomic E-state index is 5.98. The van der Waals surface area contributed by atoms with E-state index in [1.54, 1.807) is 0 Å². The fourth-order valence-corrected chi connectivity index (χ4v) is 2.10. The fourth-order valence-electron chi connectivity index (χ4n) is 1.91. The Labute approximate surface area is 125 Å². The second-order valence-corrected chi connectivity index (χ2v) is 5.11. The Morgan fingerprint density at radius 2 is 1.95 bits per heavy atom. The van der Waals surface area contributed by atoms with Crippen molar-refractivity contribution in [1.82, 2.24) is 0 Å². The second-order valence-electron chi connectivity index (χ2n) is 4.67. The van der Waals surface area contributed by atoms with Crippen LogP contribution in [-0.4, -0.2) is 6.61 Å². The molecule has 2 nitrogen and oxygen atoms in total. The maximum Gasteiger partial charge on any atom is 0.124 e. The van der Waals surface area contributed by atoms with Crippen molar-refractivity contribution < 1.29 is 4.74 Å². The fraction of sp³-hybridized carbons (Fsp3) is 0.294. The van der Waals surface area contributed by atoms with Crippen molar-refractivity contribution in [2.45, 2.75) is 26.3 Å². The first kappa shape index (κ1) is 14.7. The van der Waals surface area contributed by atoms with Crippen LogP contribution >= 0.6 is 11.6 Å². The largest absolute Gasteiger partial charge is 0.493 e. The first-order chi connectivity index (χ1) is 9.79. The molecule has 0 fully saturated rings. The molecule has 0 amide bonds. The van der Waals surface area contributed by atoms with Crippen LogP contribution in [0.15, 0.2) is 48.5 Å². The van der Waals surface area contributed by atoms with Crippen molar-refractivity contribution in [1.29, 1.82) is 0 Å². The summed E-state index contributed by atoms with van der Waals surface area (Å²) < 4.78 is 5.82. The van der Waals surface area contributed by atoms with Crippen molar-refractivity contribution in [2.24, 2.45) is 0 Å². The zero-order valence-electron chi connectivity index (χ0n) is 11.7. The zero-order chi connectivity index (χ0) is 14.2. The van der Waals surface area contributed by atoms with E-state index in [4.69, 9.17) is 16.3 Å². The lowest BCUT2D eigenvalue weighted by atomic mass is 10.2. The third-order valence-corrected chi connectivity index (χ3v) is 3.27. The summed E-state index contributed by atoms with van der Waals surface area (Å²) >= 11 is 5.98. The van der Waals surface area contributed by atoms with Crippen LogP contribution in [0.1, 0.15) is 25.3 Å². The molecule has 0 saturated carbocycles. The van der Waals surface area contributed by atoms with E-state index in [2.05, 4.69) is 18.3 Å². The van der Waals surface area contributed by atoms with Crippen molar-refractivity contribution >= 4 is 17.3 Å². The Morgan fingerprint density at radius 1 is 1.10 bits per heavy atom. The molecular weight excluding hydrogens is 270 g/mol. The molecule has 20 heavy (non-hydrogen) atoms. The lowest BCUT2D eigenvalue weighted by molar-refractivity contribution is 0.306. The van der Waals surface area contributed by atoms with Crippen LogP contribution in [0.2, 0.25) is 5.02 Å². The molecule has 0 aromatic heterocycles. The summed E-state index contributed by atoms with van der Waals surface area (Å²) in [4.78, 5) is 0. The molecule has 0 aliphatic rings. The molecule has 0 aliphatic carbocycles. The van der Waals surface area contributed by atoms with E-state index >= 15 is 0 Å². The van der Waals surface area contributed by atoms with Gasteiger partial charge in [0.2, 0.25) is 0 Å². The minimum atomic E-state index is 0.725. The van der Waals surface area contributed by atoms with Crippen molar-refractivity contribution in [3.63, 3.8) is 0 Å². The Balaban J connectivity index is 1.98. The number of unbranched alkanes of at least 4 members (excludes halogenated alkanes) is 1. The number of halogens is 1. The number of hydrogen-bond donors (Lipinski definition) is 1.